The second-order valence-electron chi connectivity index (χ2n) is 2.33. The van der Waals surface area contributed by atoms with Gasteiger partial charge in [0.25, 0.3) is 0 Å². The molecular formula is C8H11NO2. The van der Waals surface area contributed by atoms with E-state index in [9.17, 15) is 4.79 Å². The second kappa shape index (κ2) is 3.23. The lowest BCUT2D eigenvalue weighted by molar-refractivity contribution is -0.144. The van der Waals surface area contributed by atoms with Crippen molar-refractivity contribution in [3.8, 4) is 0 Å². The maximum Gasteiger partial charge on any atom is 0.328 e. The zero-order valence-electron chi connectivity index (χ0n) is 6.65. The Hall–Kier alpha value is -1.25. The van der Waals surface area contributed by atoms with Gasteiger partial charge in [-0.05, 0) is 19.1 Å². The molecule has 1 aromatic rings. The Bertz CT molecular complexity index is 228. The molecule has 3 nitrogen and oxygen atoms in total. The van der Waals surface area contributed by atoms with E-state index in [1.54, 1.807) is 11.5 Å². The third kappa shape index (κ3) is 1.61. The van der Waals surface area contributed by atoms with Crippen molar-refractivity contribution >= 4 is 5.97 Å². The summed E-state index contributed by atoms with van der Waals surface area (Å²) in [6, 6.07) is 3.52. The van der Waals surface area contributed by atoms with Gasteiger partial charge in [-0.1, -0.05) is 0 Å². The molecule has 1 rings (SSSR count). The molecule has 0 saturated heterocycles. The average molecular weight is 153 g/mol. The number of hydrogen-bond acceptors (Lipinski definition) is 2. The van der Waals surface area contributed by atoms with E-state index in [1.165, 1.54) is 7.11 Å². The predicted octanol–water partition coefficient (Wildman–Crippen LogP) is 1.22. The highest BCUT2D eigenvalue weighted by Gasteiger charge is 2.12. The largest absolute Gasteiger partial charge is 0.467 e. The van der Waals surface area contributed by atoms with Crippen LogP contribution in [0.1, 0.15) is 13.0 Å². The first-order chi connectivity index (χ1) is 5.25. The summed E-state index contributed by atoms with van der Waals surface area (Å²) in [6.45, 7) is 1.80. The van der Waals surface area contributed by atoms with Crippen LogP contribution in [0.25, 0.3) is 0 Å². The van der Waals surface area contributed by atoms with Crippen LogP contribution in [0.4, 0.5) is 0 Å². The number of rotatable bonds is 2. The number of esters is 1. The molecular weight excluding hydrogens is 142 g/mol. The average Bonchev–Trinajstić information content (AvgIpc) is 2.53. The van der Waals surface area contributed by atoms with Gasteiger partial charge >= 0.3 is 5.97 Å². The number of nitrogens with zero attached hydrogens (tertiary/aromatic N) is 1. The molecule has 0 unspecified atom stereocenters. The van der Waals surface area contributed by atoms with E-state index in [0.29, 0.717) is 0 Å². The quantitative estimate of drug-likeness (QED) is 0.598. The van der Waals surface area contributed by atoms with Gasteiger partial charge in [-0.15, -0.1) is 0 Å². The molecule has 3 heteroatoms. The third-order valence-electron chi connectivity index (χ3n) is 1.62. The lowest BCUT2D eigenvalue weighted by atomic mass is 10.3. The summed E-state index contributed by atoms with van der Waals surface area (Å²) in [6.07, 6.45) is 3.67. The summed E-state index contributed by atoms with van der Waals surface area (Å²) in [7, 11) is 1.39. The fraction of sp³-hybridized carbons (Fsp3) is 0.375. The zero-order valence-corrected chi connectivity index (χ0v) is 6.65. The maximum atomic E-state index is 11.0. The van der Waals surface area contributed by atoms with Crippen molar-refractivity contribution in [3.63, 3.8) is 0 Å². The van der Waals surface area contributed by atoms with Gasteiger partial charge in [-0.2, -0.15) is 0 Å². The van der Waals surface area contributed by atoms with Crippen LogP contribution >= 0.6 is 0 Å². The SMILES string of the molecule is COC(=O)[C@H](C)n1cccc1. The minimum absolute atomic E-state index is 0.221. The van der Waals surface area contributed by atoms with Crippen LogP contribution in [0.15, 0.2) is 24.5 Å². The Labute approximate surface area is 65.6 Å². The van der Waals surface area contributed by atoms with Gasteiger partial charge in [-0.3, -0.25) is 0 Å². The fourth-order valence-electron chi connectivity index (χ4n) is 0.898. The van der Waals surface area contributed by atoms with Gasteiger partial charge in [0.1, 0.15) is 6.04 Å². The van der Waals surface area contributed by atoms with Gasteiger partial charge in [0.2, 0.25) is 0 Å². The molecule has 1 aromatic heterocycles. The number of ether oxygens (including phenoxy) is 1. The van der Waals surface area contributed by atoms with Crippen molar-refractivity contribution in [2.75, 3.05) is 7.11 Å². The van der Waals surface area contributed by atoms with Crippen LogP contribution in [0, 0.1) is 0 Å². The second-order valence-corrected chi connectivity index (χ2v) is 2.33. The Morgan fingerprint density at radius 1 is 1.45 bits per heavy atom. The molecule has 0 spiro atoms. The van der Waals surface area contributed by atoms with Crippen LogP contribution in [0.5, 0.6) is 0 Å². The molecule has 0 amide bonds. The highest BCUT2D eigenvalue weighted by atomic mass is 16.5. The van der Waals surface area contributed by atoms with Crippen molar-refractivity contribution < 1.29 is 9.53 Å². The molecule has 60 valence electrons. The summed E-state index contributed by atoms with van der Waals surface area (Å²) >= 11 is 0. The number of aromatic nitrogens is 1. The number of carbonyl (C=O) groups is 1. The monoisotopic (exact) mass is 153 g/mol. The Kier molecular flexibility index (Phi) is 2.31. The fourth-order valence-corrected chi connectivity index (χ4v) is 0.898. The Balaban J connectivity index is 2.70. The van der Waals surface area contributed by atoms with Crippen molar-refractivity contribution in [1.82, 2.24) is 4.57 Å². The van der Waals surface area contributed by atoms with E-state index >= 15 is 0 Å². The first-order valence-electron chi connectivity index (χ1n) is 3.46. The van der Waals surface area contributed by atoms with Crippen LogP contribution in [-0.4, -0.2) is 17.6 Å². The molecule has 1 heterocycles. The Morgan fingerprint density at radius 3 is 2.45 bits per heavy atom. The van der Waals surface area contributed by atoms with Gasteiger partial charge in [0.05, 0.1) is 7.11 Å². The molecule has 11 heavy (non-hydrogen) atoms. The van der Waals surface area contributed by atoms with Crippen LogP contribution in [-0.2, 0) is 9.53 Å². The van der Waals surface area contributed by atoms with Crippen molar-refractivity contribution in [2.45, 2.75) is 13.0 Å². The molecule has 0 aromatic carbocycles. The number of carbonyl (C=O) groups excluding carboxylic acids is 1. The lowest BCUT2D eigenvalue weighted by Gasteiger charge is -2.09. The summed E-state index contributed by atoms with van der Waals surface area (Å²) in [4.78, 5) is 11.0. The first kappa shape index (κ1) is 7.85. The topological polar surface area (TPSA) is 31.2 Å². The van der Waals surface area contributed by atoms with Gasteiger partial charge in [-0.25, -0.2) is 4.79 Å². The summed E-state index contributed by atoms with van der Waals surface area (Å²) in [5.74, 6) is -0.221. The smallest absolute Gasteiger partial charge is 0.328 e. The summed E-state index contributed by atoms with van der Waals surface area (Å²) in [5.41, 5.74) is 0. The Morgan fingerprint density at radius 2 is 2.00 bits per heavy atom. The normalized spacial score (nSPS) is 12.5. The number of methoxy groups -OCH3 is 1. The minimum atomic E-state index is -0.227. The summed E-state index contributed by atoms with van der Waals surface area (Å²) in [5, 5.41) is 0. The van der Waals surface area contributed by atoms with Gasteiger partial charge in [0.15, 0.2) is 0 Å². The molecule has 1 atom stereocenters. The first-order valence-corrected chi connectivity index (χ1v) is 3.46. The van der Waals surface area contributed by atoms with Crippen molar-refractivity contribution in [1.29, 1.82) is 0 Å². The predicted molar refractivity (Wildman–Crippen MR) is 41.2 cm³/mol. The molecule has 0 aliphatic rings. The standard InChI is InChI=1S/C8H11NO2/c1-7(8(10)11-2)9-5-3-4-6-9/h3-7H,1-2H3/t7-/m0/s1. The highest BCUT2D eigenvalue weighted by Crippen LogP contribution is 2.06. The van der Waals surface area contributed by atoms with Crippen molar-refractivity contribution in [2.24, 2.45) is 0 Å². The maximum absolute atomic E-state index is 11.0. The zero-order chi connectivity index (χ0) is 8.27. The van der Waals surface area contributed by atoms with E-state index in [0.717, 1.165) is 0 Å². The van der Waals surface area contributed by atoms with E-state index in [-0.39, 0.29) is 12.0 Å². The molecule has 0 radical (unpaired) electrons. The minimum Gasteiger partial charge on any atom is -0.467 e. The van der Waals surface area contributed by atoms with E-state index < -0.39 is 0 Å². The summed E-state index contributed by atoms with van der Waals surface area (Å²) < 4.78 is 6.37. The van der Waals surface area contributed by atoms with E-state index in [2.05, 4.69) is 4.74 Å². The van der Waals surface area contributed by atoms with E-state index in [4.69, 9.17) is 0 Å². The lowest BCUT2D eigenvalue weighted by Crippen LogP contribution is -2.16. The van der Waals surface area contributed by atoms with Gasteiger partial charge in [0, 0.05) is 12.4 Å². The van der Waals surface area contributed by atoms with E-state index in [1.807, 2.05) is 24.5 Å². The molecule has 0 saturated carbocycles. The molecule has 0 N–H and O–H groups in total. The van der Waals surface area contributed by atoms with Crippen molar-refractivity contribution in [3.05, 3.63) is 24.5 Å². The highest BCUT2D eigenvalue weighted by molar-refractivity contribution is 5.73. The molecule has 0 bridgehead atoms. The van der Waals surface area contributed by atoms with Gasteiger partial charge < -0.3 is 9.30 Å². The third-order valence-corrected chi connectivity index (χ3v) is 1.62. The van der Waals surface area contributed by atoms with Crippen LogP contribution < -0.4 is 0 Å². The molecule has 0 aliphatic heterocycles. The molecule has 0 fully saturated rings. The van der Waals surface area contributed by atoms with Crippen LogP contribution in [0.2, 0.25) is 0 Å². The molecule has 0 aliphatic carbocycles. The van der Waals surface area contributed by atoms with Crippen LogP contribution in [0.3, 0.4) is 0 Å². The number of hydrogen-bond donors (Lipinski definition) is 0.